The van der Waals surface area contributed by atoms with Crippen molar-refractivity contribution in [2.24, 2.45) is 0 Å². The lowest BCUT2D eigenvalue weighted by Gasteiger charge is -2.02. The first-order chi connectivity index (χ1) is 6.27. The minimum absolute atomic E-state index is 0.159. The molecule has 1 N–H and O–H groups in total. The van der Waals surface area contributed by atoms with Crippen LogP contribution in [0.1, 0.15) is 11.6 Å². The van der Waals surface area contributed by atoms with Crippen LogP contribution in [0.15, 0.2) is 23.1 Å². The van der Waals surface area contributed by atoms with Gasteiger partial charge in [0.2, 0.25) is 0 Å². The van der Waals surface area contributed by atoms with E-state index in [1.807, 2.05) is 0 Å². The van der Waals surface area contributed by atoms with Crippen molar-refractivity contribution in [2.75, 3.05) is 6.61 Å². The molecule has 1 aliphatic heterocycles. The second kappa shape index (κ2) is 2.93. The minimum Gasteiger partial charge on any atom is -0.446 e. The first kappa shape index (κ1) is 7.85. The average molecular weight is 179 g/mol. The third kappa shape index (κ3) is 1.40. The summed E-state index contributed by atoms with van der Waals surface area (Å²) in [5.41, 5.74) is 0.239. The normalized spacial score (nSPS) is 20.9. The molecule has 67 valence electrons. The molecule has 0 bridgehead atoms. The molecule has 0 aliphatic carbocycles. The van der Waals surface area contributed by atoms with Gasteiger partial charge in [-0.15, -0.1) is 0 Å². The fraction of sp³-hybridized carbons (Fsp3) is 0.250. The second-order valence-corrected chi connectivity index (χ2v) is 2.68. The summed E-state index contributed by atoms with van der Waals surface area (Å²) in [4.78, 5) is 24.4. The highest BCUT2D eigenvalue weighted by molar-refractivity contribution is 5.69. The van der Waals surface area contributed by atoms with Crippen molar-refractivity contribution in [3.05, 3.63) is 34.2 Å². The molecular weight excluding hydrogens is 172 g/mol. The largest absolute Gasteiger partial charge is 0.446 e. The third-order valence-corrected chi connectivity index (χ3v) is 1.83. The highest BCUT2D eigenvalue weighted by Crippen LogP contribution is 2.15. The van der Waals surface area contributed by atoms with E-state index in [0.29, 0.717) is 5.56 Å². The van der Waals surface area contributed by atoms with Crippen LogP contribution in [0.4, 0.5) is 4.79 Å². The molecule has 1 aromatic heterocycles. The maximum Gasteiger partial charge on any atom is 0.429 e. The monoisotopic (exact) mass is 179 g/mol. The molecule has 2 rings (SSSR count). The van der Waals surface area contributed by atoms with E-state index in [0.717, 1.165) is 0 Å². The maximum atomic E-state index is 11.2. The Kier molecular flexibility index (Phi) is 1.77. The Bertz CT molecular complexity index is 385. The molecule has 1 radical (unpaired) electrons. The molecule has 1 fully saturated rings. The SMILES string of the molecule is O=C1[N]C(c2ccc[nH]c2=O)CO1. The van der Waals surface area contributed by atoms with Gasteiger partial charge < -0.3 is 9.72 Å². The van der Waals surface area contributed by atoms with Crippen molar-refractivity contribution in [3.63, 3.8) is 0 Å². The molecule has 1 saturated heterocycles. The Balaban J connectivity index is 2.31. The predicted molar refractivity (Wildman–Crippen MR) is 43.3 cm³/mol. The summed E-state index contributed by atoms with van der Waals surface area (Å²) >= 11 is 0. The molecule has 0 saturated carbocycles. The van der Waals surface area contributed by atoms with Gasteiger partial charge in [0.15, 0.2) is 0 Å². The number of carbonyl (C=O) groups excluding carboxylic acids is 1. The van der Waals surface area contributed by atoms with Gasteiger partial charge in [0.1, 0.15) is 12.6 Å². The van der Waals surface area contributed by atoms with Crippen LogP contribution >= 0.6 is 0 Å². The highest BCUT2D eigenvalue weighted by Gasteiger charge is 2.27. The third-order valence-electron chi connectivity index (χ3n) is 1.83. The zero-order chi connectivity index (χ0) is 9.26. The fourth-order valence-corrected chi connectivity index (χ4v) is 1.21. The molecule has 1 aromatic rings. The van der Waals surface area contributed by atoms with E-state index in [9.17, 15) is 9.59 Å². The number of ether oxygens (including phenoxy) is 1. The minimum atomic E-state index is -0.603. The number of hydrogen-bond donors (Lipinski definition) is 1. The number of H-pyrrole nitrogens is 1. The zero-order valence-corrected chi connectivity index (χ0v) is 6.69. The summed E-state index contributed by atoms with van der Waals surface area (Å²) < 4.78 is 4.62. The zero-order valence-electron chi connectivity index (χ0n) is 6.69. The number of aromatic amines is 1. The standard InChI is InChI=1S/C8H7N2O3/c11-7-5(2-1-3-9-7)6-4-13-8(12)10-6/h1-3,6H,4H2,(H,9,11). The van der Waals surface area contributed by atoms with Crippen LogP contribution in [0.3, 0.4) is 0 Å². The Morgan fingerprint density at radius 3 is 3.00 bits per heavy atom. The number of cyclic esters (lactones) is 1. The van der Waals surface area contributed by atoms with Crippen LogP contribution in [0.5, 0.6) is 0 Å². The lowest BCUT2D eigenvalue weighted by atomic mass is 10.1. The molecule has 1 aliphatic rings. The lowest BCUT2D eigenvalue weighted by Crippen LogP contribution is -2.20. The summed E-state index contributed by atoms with van der Waals surface area (Å²) in [5, 5.41) is 3.64. The van der Waals surface area contributed by atoms with Crippen molar-refractivity contribution < 1.29 is 9.53 Å². The average Bonchev–Trinajstić information content (AvgIpc) is 2.53. The maximum absolute atomic E-state index is 11.2. The van der Waals surface area contributed by atoms with Crippen LogP contribution in [-0.2, 0) is 4.74 Å². The van der Waals surface area contributed by atoms with Crippen molar-refractivity contribution in [2.45, 2.75) is 6.04 Å². The molecule has 5 nitrogen and oxygen atoms in total. The number of hydrogen-bond acceptors (Lipinski definition) is 3. The van der Waals surface area contributed by atoms with E-state index in [4.69, 9.17) is 0 Å². The second-order valence-electron chi connectivity index (χ2n) is 2.68. The van der Waals surface area contributed by atoms with Gasteiger partial charge in [-0.25, -0.2) is 10.1 Å². The van der Waals surface area contributed by atoms with E-state index >= 15 is 0 Å². The summed E-state index contributed by atoms with van der Waals surface area (Å²) in [6, 6.07) is 2.88. The van der Waals surface area contributed by atoms with Crippen molar-refractivity contribution >= 4 is 6.09 Å². The van der Waals surface area contributed by atoms with Gasteiger partial charge in [-0.1, -0.05) is 0 Å². The number of carbonyl (C=O) groups is 1. The molecule has 2 heterocycles. The molecule has 5 heteroatoms. The lowest BCUT2D eigenvalue weighted by molar-refractivity contribution is 0.176. The van der Waals surface area contributed by atoms with Gasteiger partial charge in [0, 0.05) is 11.8 Å². The van der Waals surface area contributed by atoms with Crippen molar-refractivity contribution in [3.8, 4) is 0 Å². The molecule has 1 amide bonds. The first-order valence-corrected chi connectivity index (χ1v) is 3.82. The highest BCUT2D eigenvalue weighted by atomic mass is 16.6. The summed E-state index contributed by atoms with van der Waals surface area (Å²) in [5.74, 6) is 0. The van der Waals surface area contributed by atoms with Gasteiger partial charge in [-0.3, -0.25) is 4.79 Å². The number of rotatable bonds is 1. The Morgan fingerprint density at radius 2 is 2.38 bits per heavy atom. The summed E-state index contributed by atoms with van der Waals surface area (Å²) in [6.45, 7) is 0.159. The van der Waals surface area contributed by atoms with E-state index in [1.165, 1.54) is 6.20 Å². The van der Waals surface area contributed by atoms with Crippen molar-refractivity contribution in [1.29, 1.82) is 0 Å². The number of nitrogens with zero attached hydrogens (tertiary/aromatic N) is 1. The van der Waals surface area contributed by atoms with Gasteiger partial charge >= 0.3 is 6.09 Å². The van der Waals surface area contributed by atoms with Crippen LogP contribution < -0.4 is 10.9 Å². The summed E-state index contributed by atoms with van der Waals surface area (Å²) in [7, 11) is 0. The van der Waals surface area contributed by atoms with Crippen LogP contribution in [0.25, 0.3) is 0 Å². The Labute approximate surface area is 73.7 Å². The topological polar surface area (TPSA) is 73.3 Å². The first-order valence-electron chi connectivity index (χ1n) is 3.82. The molecule has 1 unspecified atom stereocenters. The van der Waals surface area contributed by atoms with Crippen LogP contribution in [-0.4, -0.2) is 17.7 Å². The van der Waals surface area contributed by atoms with E-state index in [2.05, 4.69) is 15.0 Å². The molecule has 13 heavy (non-hydrogen) atoms. The fourth-order valence-electron chi connectivity index (χ4n) is 1.21. The number of aromatic nitrogens is 1. The molecule has 1 atom stereocenters. The smallest absolute Gasteiger partial charge is 0.429 e. The van der Waals surface area contributed by atoms with Gasteiger partial charge in [0.25, 0.3) is 5.56 Å². The quantitative estimate of drug-likeness (QED) is 0.667. The number of pyridine rings is 1. The molecular formula is C8H7N2O3. The molecule has 0 spiro atoms. The Morgan fingerprint density at radius 1 is 1.54 bits per heavy atom. The molecule has 0 aromatic carbocycles. The number of amides is 1. The van der Waals surface area contributed by atoms with Gasteiger partial charge in [-0.05, 0) is 12.1 Å². The van der Waals surface area contributed by atoms with Gasteiger partial charge in [-0.2, -0.15) is 0 Å². The van der Waals surface area contributed by atoms with E-state index in [1.54, 1.807) is 12.1 Å². The van der Waals surface area contributed by atoms with Crippen molar-refractivity contribution in [1.82, 2.24) is 10.3 Å². The summed E-state index contributed by atoms with van der Waals surface area (Å²) in [6.07, 6.45) is 0.928. The van der Waals surface area contributed by atoms with Gasteiger partial charge in [0.05, 0.1) is 0 Å². The predicted octanol–water partition coefficient (Wildman–Crippen LogP) is 0.171. The van der Waals surface area contributed by atoms with E-state index < -0.39 is 12.1 Å². The van der Waals surface area contributed by atoms with Crippen LogP contribution in [0, 0.1) is 0 Å². The van der Waals surface area contributed by atoms with E-state index in [-0.39, 0.29) is 12.2 Å². The number of nitrogens with one attached hydrogen (secondary N) is 1. The van der Waals surface area contributed by atoms with Crippen LogP contribution in [0.2, 0.25) is 0 Å². The Hall–Kier alpha value is -1.78.